The number of anilines is 2. The van der Waals surface area contributed by atoms with Crippen molar-refractivity contribution in [3.63, 3.8) is 0 Å². The van der Waals surface area contributed by atoms with Gasteiger partial charge in [0.1, 0.15) is 17.6 Å². The van der Waals surface area contributed by atoms with Crippen LogP contribution >= 0.6 is 0 Å². The van der Waals surface area contributed by atoms with Gasteiger partial charge in [-0.2, -0.15) is 0 Å². The molecule has 0 saturated carbocycles. The van der Waals surface area contributed by atoms with E-state index < -0.39 is 17.8 Å². The summed E-state index contributed by atoms with van der Waals surface area (Å²) in [5, 5.41) is 5.68. The minimum atomic E-state index is -0.722. The van der Waals surface area contributed by atoms with E-state index in [2.05, 4.69) is 15.5 Å². The Morgan fingerprint density at radius 3 is 2.61 bits per heavy atom. The van der Waals surface area contributed by atoms with Crippen LogP contribution in [0.15, 0.2) is 65.1 Å². The van der Waals surface area contributed by atoms with Crippen molar-refractivity contribution >= 4 is 23.2 Å². The molecule has 0 spiro atoms. The molecule has 0 aliphatic carbocycles. The van der Waals surface area contributed by atoms with E-state index in [0.29, 0.717) is 18.5 Å². The maximum atomic E-state index is 14.0. The SMILES string of the molecule is CCCC(NC(=O)c1ccc(-c2ccccc2F)o1)C(=O)Nc1cccc(N2CCCC2)c1. The number of halogens is 1. The Morgan fingerprint density at radius 1 is 1.06 bits per heavy atom. The number of furan rings is 1. The molecule has 2 amide bonds. The summed E-state index contributed by atoms with van der Waals surface area (Å²) in [6.07, 6.45) is 3.54. The molecule has 1 atom stereocenters. The van der Waals surface area contributed by atoms with Crippen LogP contribution in [0.25, 0.3) is 11.3 Å². The summed E-state index contributed by atoms with van der Waals surface area (Å²) < 4.78 is 19.6. The summed E-state index contributed by atoms with van der Waals surface area (Å²) in [5.74, 6) is -0.952. The lowest BCUT2D eigenvalue weighted by Crippen LogP contribution is -2.43. The lowest BCUT2D eigenvalue weighted by Gasteiger charge is -2.20. The van der Waals surface area contributed by atoms with Crippen molar-refractivity contribution in [2.24, 2.45) is 0 Å². The summed E-state index contributed by atoms with van der Waals surface area (Å²) in [6.45, 7) is 3.98. The number of nitrogens with one attached hydrogen (secondary N) is 2. The van der Waals surface area contributed by atoms with Crippen LogP contribution in [0.3, 0.4) is 0 Å². The van der Waals surface area contributed by atoms with Crippen molar-refractivity contribution in [3.8, 4) is 11.3 Å². The summed E-state index contributed by atoms with van der Waals surface area (Å²) in [6, 6.07) is 16.3. The Bertz CT molecular complexity index is 1120. The van der Waals surface area contributed by atoms with E-state index in [1.165, 1.54) is 25.0 Å². The fraction of sp³-hybridized carbons (Fsp3) is 0.308. The second-order valence-corrected chi connectivity index (χ2v) is 8.19. The molecule has 1 aromatic heterocycles. The van der Waals surface area contributed by atoms with Gasteiger partial charge in [0, 0.05) is 24.5 Å². The fourth-order valence-electron chi connectivity index (χ4n) is 4.04. The predicted molar refractivity (Wildman–Crippen MR) is 127 cm³/mol. The Hall–Kier alpha value is -3.61. The highest BCUT2D eigenvalue weighted by Gasteiger charge is 2.23. The molecule has 3 aromatic rings. The molecule has 2 aromatic carbocycles. The molecule has 33 heavy (non-hydrogen) atoms. The standard InChI is InChI=1S/C26H28FN3O3/c1-2-8-22(25(31)28-18-9-7-10-19(17-18)30-15-5-6-16-30)29-26(32)24-14-13-23(33-24)20-11-3-4-12-21(20)27/h3-4,7,9-14,17,22H,2,5-6,8,15-16H2,1H3,(H,28,31)(H,29,32). The first kappa shape index (κ1) is 22.6. The second kappa shape index (κ2) is 10.3. The number of carbonyl (C=O) groups is 2. The van der Waals surface area contributed by atoms with Crippen molar-refractivity contribution in [2.45, 2.75) is 38.6 Å². The van der Waals surface area contributed by atoms with E-state index >= 15 is 0 Å². The lowest BCUT2D eigenvalue weighted by molar-refractivity contribution is -0.118. The van der Waals surface area contributed by atoms with Gasteiger partial charge in [0.2, 0.25) is 5.91 Å². The van der Waals surface area contributed by atoms with Crippen LogP contribution in [-0.2, 0) is 4.79 Å². The molecule has 1 unspecified atom stereocenters. The quantitative estimate of drug-likeness (QED) is 0.494. The average molecular weight is 450 g/mol. The van der Waals surface area contributed by atoms with Crippen LogP contribution < -0.4 is 15.5 Å². The molecule has 1 aliphatic heterocycles. The molecule has 172 valence electrons. The van der Waals surface area contributed by atoms with Crippen LogP contribution in [0.5, 0.6) is 0 Å². The number of hydrogen-bond acceptors (Lipinski definition) is 4. The Labute approximate surface area is 192 Å². The van der Waals surface area contributed by atoms with Gasteiger partial charge in [-0.05, 0) is 61.7 Å². The number of benzene rings is 2. The van der Waals surface area contributed by atoms with Gasteiger partial charge in [0.15, 0.2) is 5.76 Å². The Balaban J connectivity index is 1.43. The van der Waals surface area contributed by atoms with E-state index in [1.807, 2.05) is 31.2 Å². The molecule has 1 aliphatic rings. The third kappa shape index (κ3) is 5.42. The highest BCUT2D eigenvalue weighted by Crippen LogP contribution is 2.25. The summed E-state index contributed by atoms with van der Waals surface area (Å²) in [7, 11) is 0. The predicted octanol–water partition coefficient (Wildman–Crippen LogP) is 5.22. The molecular weight excluding hydrogens is 421 g/mol. The topological polar surface area (TPSA) is 74.6 Å². The van der Waals surface area contributed by atoms with Gasteiger partial charge in [-0.15, -0.1) is 0 Å². The van der Waals surface area contributed by atoms with Crippen LogP contribution in [0.4, 0.5) is 15.8 Å². The van der Waals surface area contributed by atoms with E-state index in [0.717, 1.165) is 18.8 Å². The van der Waals surface area contributed by atoms with Crippen LogP contribution in [0.2, 0.25) is 0 Å². The number of nitrogens with zero attached hydrogens (tertiary/aromatic N) is 1. The van der Waals surface area contributed by atoms with Gasteiger partial charge in [-0.25, -0.2) is 4.39 Å². The molecule has 0 bridgehead atoms. The maximum Gasteiger partial charge on any atom is 0.287 e. The van der Waals surface area contributed by atoms with Gasteiger partial charge in [-0.1, -0.05) is 31.5 Å². The zero-order chi connectivity index (χ0) is 23.2. The Morgan fingerprint density at radius 2 is 1.85 bits per heavy atom. The van der Waals surface area contributed by atoms with Gasteiger partial charge < -0.3 is 20.0 Å². The molecule has 4 rings (SSSR count). The molecule has 6 nitrogen and oxygen atoms in total. The van der Waals surface area contributed by atoms with Crippen molar-refractivity contribution in [2.75, 3.05) is 23.3 Å². The second-order valence-electron chi connectivity index (χ2n) is 8.19. The normalized spacial score (nSPS) is 14.2. The van der Waals surface area contributed by atoms with Gasteiger partial charge in [-0.3, -0.25) is 9.59 Å². The van der Waals surface area contributed by atoms with Crippen molar-refractivity contribution in [1.29, 1.82) is 0 Å². The maximum absolute atomic E-state index is 14.0. The number of hydrogen-bond donors (Lipinski definition) is 2. The molecule has 1 saturated heterocycles. The highest BCUT2D eigenvalue weighted by molar-refractivity contribution is 6.00. The first-order chi connectivity index (χ1) is 16.0. The zero-order valence-corrected chi connectivity index (χ0v) is 18.6. The molecule has 0 radical (unpaired) electrons. The van der Waals surface area contributed by atoms with E-state index in [4.69, 9.17) is 4.42 Å². The zero-order valence-electron chi connectivity index (χ0n) is 18.6. The summed E-state index contributed by atoms with van der Waals surface area (Å²) in [4.78, 5) is 28.0. The van der Waals surface area contributed by atoms with Gasteiger partial charge in [0.05, 0.1) is 5.56 Å². The van der Waals surface area contributed by atoms with Crippen molar-refractivity contribution in [3.05, 3.63) is 72.2 Å². The fourth-order valence-corrected chi connectivity index (χ4v) is 4.04. The largest absolute Gasteiger partial charge is 0.451 e. The van der Waals surface area contributed by atoms with Crippen molar-refractivity contribution in [1.82, 2.24) is 5.32 Å². The molecule has 2 heterocycles. The molecule has 1 fully saturated rings. The van der Waals surface area contributed by atoms with Crippen LogP contribution in [0.1, 0.15) is 43.2 Å². The third-order valence-corrected chi connectivity index (χ3v) is 5.75. The summed E-state index contributed by atoms with van der Waals surface area (Å²) in [5.41, 5.74) is 2.05. The minimum Gasteiger partial charge on any atom is -0.451 e. The third-order valence-electron chi connectivity index (χ3n) is 5.75. The lowest BCUT2D eigenvalue weighted by atomic mass is 10.1. The van der Waals surface area contributed by atoms with Gasteiger partial charge >= 0.3 is 0 Å². The summed E-state index contributed by atoms with van der Waals surface area (Å²) >= 11 is 0. The molecule has 2 N–H and O–H groups in total. The first-order valence-electron chi connectivity index (χ1n) is 11.4. The van der Waals surface area contributed by atoms with E-state index in [-0.39, 0.29) is 23.0 Å². The smallest absolute Gasteiger partial charge is 0.287 e. The van der Waals surface area contributed by atoms with E-state index in [9.17, 15) is 14.0 Å². The Kier molecular flexibility index (Phi) is 7.07. The molecular formula is C26H28FN3O3. The van der Waals surface area contributed by atoms with Crippen molar-refractivity contribution < 1.29 is 18.4 Å². The number of rotatable bonds is 8. The number of carbonyl (C=O) groups excluding carboxylic acids is 2. The van der Waals surface area contributed by atoms with Crippen LogP contribution in [0, 0.1) is 5.82 Å². The highest BCUT2D eigenvalue weighted by atomic mass is 19.1. The first-order valence-corrected chi connectivity index (χ1v) is 11.4. The monoisotopic (exact) mass is 449 g/mol. The number of amides is 2. The van der Waals surface area contributed by atoms with Crippen LogP contribution in [-0.4, -0.2) is 30.9 Å². The average Bonchev–Trinajstić information content (AvgIpc) is 3.52. The minimum absolute atomic E-state index is 0.0261. The van der Waals surface area contributed by atoms with Gasteiger partial charge in [0.25, 0.3) is 5.91 Å². The van der Waals surface area contributed by atoms with E-state index in [1.54, 1.807) is 24.3 Å². The molecule has 7 heteroatoms.